The first-order chi connectivity index (χ1) is 9.97. The molecule has 0 bridgehead atoms. The van der Waals surface area contributed by atoms with Crippen molar-refractivity contribution in [3.8, 4) is 0 Å². The van der Waals surface area contributed by atoms with Crippen LogP contribution in [0.5, 0.6) is 0 Å². The van der Waals surface area contributed by atoms with Gasteiger partial charge in [-0.3, -0.25) is 0 Å². The molecule has 1 aliphatic heterocycles. The number of aromatic nitrogens is 2. The lowest BCUT2D eigenvalue weighted by Crippen LogP contribution is -2.39. The molecule has 0 atom stereocenters. The van der Waals surface area contributed by atoms with E-state index in [0.717, 1.165) is 30.3 Å². The van der Waals surface area contributed by atoms with E-state index in [2.05, 4.69) is 15.3 Å². The molecule has 1 aliphatic carbocycles. The second kappa shape index (κ2) is 5.35. The van der Waals surface area contributed by atoms with Crippen molar-refractivity contribution in [1.29, 1.82) is 0 Å². The average Bonchev–Trinajstić information content (AvgIpc) is 3.30. The van der Waals surface area contributed by atoms with Gasteiger partial charge in [0.2, 0.25) is 0 Å². The number of nitrogens with one attached hydrogen (secondary N) is 1. The minimum Gasteiger partial charge on any atom is -0.373 e. The zero-order valence-electron chi connectivity index (χ0n) is 12.0. The topological polar surface area (TPSA) is 41.0 Å². The minimum atomic E-state index is -4.08. The van der Waals surface area contributed by atoms with E-state index in [1.807, 2.05) is 11.0 Å². The molecule has 7 heteroatoms. The quantitative estimate of drug-likeness (QED) is 0.931. The van der Waals surface area contributed by atoms with Gasteiger partial charge < -0.3 is 10.2 Å². The van der Waals surface area contributed by atoms with Crippen molar-refractivity contribution < 1.29 is 13.2 Å². The Bertz CT molecular complexity index is 505. The first-order valence-corrected chi connectivity index (χ1v) is 7.36. The molecule has 21 heavy (non-hydrogen) atoms. The number of halogens is 3. The lowest BCUT2D eigenvalue weighted by atomic mass is 9.96. The first-order valence-electron chi connectivity index (χ1n) is 7.36. The maximum atomic E-state index is 12.7. The summed E-state index contributed by atoms with van der Waals surface area (Å²) in [4.78, 5) is 10.9. The van der Waals surface area contributed by atoms with Crippen LogP contribution in [0.25, 0.3) is 0 Å². The van der Waals surface area contributed by atoms with Gasteiger partial charge in [0.25, 0.3) is 0 Å². The third-order valence-electron chi connectivity index (χ3n) is 4.21. The van der Waals surface area contributed by atoms with Gasteiger partial charge in [-0.1, -0.05) is 0 Å². The van der Waals surface area contributed by atoms with Gasteiger partial charge in [-0.15, -0.1) is 0 Å². The smallest absolute Gasteiger partial charge is 0.373 e. The molecule has 116 valence electrons. The summed E-state index contributed by atoms with van der Waals surface area (Å²) in [5, 5.41) is 3.00. The van der Waals surface area contributed by atoms with E-state index in [0.29, 0.717) is 19.0 Å². The molecular formula is C14H19F3N4. The van der Waals surface area contributed by atoms with Gasteiger partial charge in [0.05, 0.1) is 5.92 Å². The average molecular weight is 300 g/mol. The molecule has 0 radical (unpaired) electrons. The van der Waals surface area contributed by atoms with Crippen LogP contribution in [0.15, 0.2) is 6.07 Å². The van der Waals surface area contributed by atoms with E-state index in [4.69, 9.17) is 0 Å². The van der Waals surface area contributed by atoms with Crippen molar-refractivity contribution in [1.82, 2.24) is 9.97 Å². The van der Waals surface area contributed by atoms with Crippen LogP contribution >= 0.6 is 0 Å². The Morgan fingerprint density at radius 3 is 2.33 bits per heavy atom. The molecule has 1 saturated carbocycles. The van der Waals surface area contributed by atoms with E-state index < -0.39 is 12.1 Å². The Kier molecular flexibility index (Phi) is 3.67. The third-order valence-corrected chi connectivity index (χ3v) is 4.21. The predicted molar refractivity (Wildman–Crippen MR) is 74.5 cm³/mol. The molecule has 0 spiro atoms. The summed E-state index contributed by atoms with van der Waals surface area (Å²) >= 11 is 0. The molecule has 0 aromatic carbocycles. The van der Waals surface area contributed by atoms with Crippen molar-refractivity contribution in [2.45, 2.75) is 37.8 Å². The van der Waals surface area contributed by atoms with Crippen LogP contribution < -0.4 is 10.2 Å². The predicted octanol–water partition coefficient (Wildman–Crippen LogP) is 3.17. The zero-order valence-corrected chi connectivity index (χ0v) is 12.0. The van der Waals surface area contributed by atoms with E-state index in [9.17, 15) is 13.2 Å². The van der Waals surface area contributed by atoms with Crippen molar-refractivity contribution in [2.24, 2.45) is 5.92 Å². The molecule has 1 aromatic rings. The fraction of sp³-hybridized carbons (Fsp3) is 0.714. The number of alkyl halides is 3. The molecule has 1 N–H and O–H groups in total. The van der Waals surface area contributed by atoms with E-state index in [1.165, 1.54) is 0 Å². The number of hydrogen-bond acceptors (Lipinski definition) is 4. The summed E-state index contributed by atoms with van der Waals surface area (Å²) in [5.74, 6) is 1.54. The number of piperidine rings is 1. The normalized spacial score (nSPS) is 20.7. The Morgan fingerprint density at radius 2 is 1.81 bits per heavy atom. The Hall–Kier alpha value is -1.53. The van der Waals surface area contributed by atoms with Crippen molar-refractivity contribution >= 4 is 11.6 Å². The highest BCUT2D eigenvalue weighted by molar-refractivity contribution is 5.50. The second-order valence-corrected chi connectivity index (χ2v) is 5.80. The third kappa shape index (κ3) is 3.22. The summed E-state index contributed by atoms with van der Waals surface area (Å²) in [6, 6.07) is 1.82. The van der Waals surface area contributed by atoms with Gasteiger partial charge in [-0.2, -0.15) is 13.2 Å². The van der Waals surface area contributed by atoms with Crippen molar-refractivity contribution in [3.05, 3.63) is 11.9 Å². The molecule has 1 aromatic heterocycles. The summed E-state index contributed by atoms with van der Waals surface area (Å²) in [6.07, 6.45) is -1.60. The highest BCUT2D eigenvalue weighted by atomic mass is 19.4. The molecule has 4 nitrogen and oxygen atoms in total. The van der Waals surface area contributed by atoms with Crippen LogP contribution in [-0.4, -0.2) is 36.3 Å². The van der Waals surface area contributed by atoms with Crippen molar-refractivity contribution in [3.63, 3.8) is 0 Å². The summed E-state index contributed by atoms with van der Waals surface area (Å²) in [5.41, 5.74) is 0. The highest BCUT2D eigenvalue weighted by Gasteiger charge is 2.41. The number of hydrogen-bond donors (Lipinski definition) is 1. The summed E-state index contributed by atoms with van der Waals surface area (Å²) < 4.78 is 38.1. The van der Waals surface area contributed by atoms with E-state index in [1.54, 1.807) is 7.05 Å². The van der Waals surface area contributed by atoms with Crippen LogP contribution in [-0.2, 0) is 0 Å². The van der Waals surface area contributed by atoms with Crippen molar-refractivity contribution in [2.75, 3.05) is 30.4 Å². The second-order valence-electron chi connectivity index (χ2n) is 5.80. The summed E-state index contributed by atoms with van der Waals surface area (Å²) in [6.45, 7) is 0.795. The number of rotatable bonds is 3. The number of anilines is 2. The van der Waals surface area contributed by atoms with Gasteiger partial charge in [0.15, 0.2) is 0 Å². The SMILES string of the molecule is CNc1cc(N2CCC(C(F)(F)F)CC2)nc(C2CC2)n1. The molecule has 1 saturated heterocycles. The van der Waals surface area contributed by atoms with Crippen LogP contribution in [0.1, 0.15) is 37.4 Å². The molecule has 2 heterocycles. The maximum absolute atomic E-state index is 12.7. The van der Waals surface area contributed by atoms with E-state index in [-0.39, 0.29) is 12.8 Å². The Labute approximate surface area is 121 Å². The Balaban J connectivity index is 1.74. The molecular weight excluding hydrogens is 281 g/mol. The highest BCUT2D eigenvalue weighted by Crippen LogP contribution is 2.40. The van der Waals surface area contributed by atoms with Gasteiger partial charge >= 0.3 is 6.18 Å². The summed E-state index contributed by atoms with van der Waals surface area (Å²) in [7, 11) is 1.79. The van der Waals surface area contributed by atoms with Crippen LogP contribution in [0.4, 0.5) is 24.8 Å². The molecule has 0 amide bonds. The maximum Gasteiger partial charge on any atom is 0.391 e. The lowest BCUT2D eigenvalue weighted by molar-refractivity contribution is -0.179. The number of nitrogens with zero attached hydrogens (tertiary/aromatic N) is 3. The molecule has 3 rings (SSSR count). The van der Waals surface area contributed by atoms with Gasteiger partial charge in [0.1, 0.15) is 17.5 Å². The monoisotopic (exact) mass is 300 g/mol. The fourth-order valence-corrected chi connectivity index (χ4v) is 2.70. The lowest BCUT2D eigenvalue weighted by Gasteiger charge is -2.33. The van der Waals surface area contributed by atoms with Gasteiger partial charge in [-0.05, 0) is 25.7 Å². The van der Waals surface area contributed by atoms with Crippen LogP contribution in [0.3, 0.4) is 0 Å². The standard InChI is InChI=1S/C14H19F3N4/c1-18-11-8-12(20-13(19-11)9-2-3-9)21-6-4-10(5-7-21)14(15,16)17/h8-10H,2-7H2,1H3,(H,18,19,20). The Morgan fingerprint density at radius 1 is 1.14 bits per heavy atom. The fourth-order valence-electron chi connectivity index (χ4n) is 2.70. The van der Waals surface area contributed by atoms with Gasteiger partial charge in [-0.25, -0.2) is 9.97 Å². The van der Waals surface area contributed by atoms with Gasteiger partial charge in [0, 0.05) is 32.1 Å². The van der Waals surface area contributed by atoms with Crippen LogP contribution in [0, 0.1) is 5.92 Å². The molecule has 2 fully saturated rings. The van der Waals surface area contributed by atoms with Crippen LogP contribution in [0.2, 0.25) is 0 Å². The molecule has 0 unspecified atom stereocenters. The minimum absolute atomic E-state index is 0.140. The molecule has 2 aliphatic rings. The first kappa shape index (κ1) is 14.4. The zero-order chi connectivity index (χ0) is 15.0. The van der Waals surface area contributed by atoms with E-state index >= 15 is 0 Å². The largest absolute Gasteiger partial charge is 0.391 e.